The van der Waals surface area contributed by atoms with E-state index in [0.717, 1.165) is 48.7 Å². The molecule has 0 saturated carbocycles. The van der Waals surface area contributed by atoms with E-state index in [9.17, 15) is 4.79 Å². The number of nitrogens with one attached hydrogen (secondary N) is 1. The number of ether oxygens (including phenoxy) is 2. The van der Waals surface area contributed by atoms with Crippen molar-refractivity contribution in [3.63, 3.8) is 0 Å². The number of amides is 1. The lowest BCUT2D eigenvalue weighted by Crippen LogP contribution is -2.38. The van der Waals surface area contributed by atoms with Crippen LogP contribution in [0, 0.1) is 6.92 Å². The highest BCUT2D eigenvalue weighted by molar-refractivity contribution is 5.78. The van der Waals surface area contributed by atoms with Gasteiger partial charge >= 0.3 is 0 Å². The Bertz CT molecular complexity index is 806. The van der Waals surface area contributed by atoms with E-state index >= 15 is 0 Å². The molecule has 2 aromatic rings. The average molecular weight is 383 g/mol. The molecule has 1 atom stereocenters. The van der Waals surface area contributed by atoms with Crippen LogP contribution >= 0.6 is 0 Å². The first-order chi connectivity index (χ1) is 13.6. The van der Waals surface area contributed by atoms with Gasteiger partial charge in [-0.2, -0.15) is 0 Å². The summed E-state index contributed by atoms with van der Waals surface area (Å²) >= 11 is 0. The third kappa shape index (κ3) is 5.49. The first-order valence-electron chi connectivity index (χ1n) is 9.95. The fourth-order valence-electron chi connectivity index (χ4n) is 3.54. The summed E-state index contributed by atoms with van der Waals surface area (Å²) in [5.41, 5.74) is 3.35. The number of hydrogen-bond donors (Lipinski definition) is 1. The molecule has 1 aliphatic heterocycles. The molecule has 0 fully saturated rings. The molecule has 1 aliphatic rings. The van der Waals surface area contributed by atoms with E-state index in [4.69, 9.17) is 9.47 Å². The molecule has 1 unspecified atom stereocenters. The van der Waals surface area contributed by atoms with Crippen LogP contribution in [0.2, 0.25) is 0 Å². The molecule has 5 nitrogen and oxygen atoms in total. The van der Waals surface area contributed by atoms with Crippen LogP contribution in [-0.4, -0.2) is 43.7 Å². The third-order valence-corrected chi connectivity index (χ3v) is 5.07. The fourth-order valence-corrected chi connectivity index (χ4v) is 3.54. The van der Waals surface area contributed by atoms with Crippen molar-refractivity contribution in [2.24, 2.45) is 0 Å². The van der Waals surface area contributed by atoms with Crippen molar-refractivity contribution < 1.29 is 14.3 Å². The van der Waals surface area contributed by atoms with Crippen LogP contribution in [0.3, 0.4) is 0 Å². The van der Waals surface area contributed by atoms with Gasteiger partial charge in [0.25, 0.3) is 0 Å². The van der Waals surface area contributed by atoms with Crippen LogP contribution in [0.1, 0.15) is 30.0 Å². The predicted octanol–water partition coefficient (Wildman–Crippen LogP) is 3.34. The van der Waals surface area contributed by atoms with E-state index in [1.165, 1.54) is 5.56 Å². The molecule has 1 amide bonds. The van der Waals surface area contributed by atoms with Crippen molar-refractivity contribution >= 4 is 5.91 Å². The molecule has 3 rings (SSSR count). The highest BCUT2D eigenvalue weighted by Gasteiger charge is 2.22. The number of nitrogens with zero attached hydrogens (tertiary/aromatic N) is 1. The van der Waals surface area contributed by atoms with Crippen LogP contribution in [0.15, 0.2) is 42.5 Å². The number of hydrogen-bond acceptors (Lipinski definition) is 4. The number of carbonyl (C=O) groups excluding carboxylic acids is 1. The van der Waals surface area contributed by atoms with Gasteiger partial charge in [-0.05, 0) is 37.1 Å². The zero-order valence-corrected chi connectivity index (χ0v) is 17.0. The van der Waals surface area contributed by atoms with E-state index in [2.05, 4.69) is 23.2 Å². The van der Waals surface area contributed by atoms with Gasteiger partial charge in [0.15, 0.2) is 0 Å². The van der Waals surface area contributed by atoms with Crippen molar-refractivity contribution in [2.75, 3.05) is 26.7 Å². The van der Waals surface area contributed by atoms with Crippen molar-refractivity contribution in [2.45, 2.75) is 39.3 Å². The van der Waals surface area contributed by atoms with E-state index < -0.39 is 0 Å². The van der Waals surface area contributed by atoms with E-state index in [1.807, 2.05) is 43.3 Å². The summed E-state index contributed by atoms with van der Waals surface area (Å²) in [5.74, 6) is 1.83. The highest BCUT2D eigenvalue weighted by Crippen LogP contribution is 2.29. The van der Waals surface area contributed by atoms with Gasteiger partial charge in [-0.1, -0.05) is 36.8 Å². The summed E-state index contributed by atoms with van der Waals surface area (Å²) in [5, 5.41) is 3.05. The van der Waals surface area contributed by atoms with Crippen LogP contribution < -0.4 is 14.8 Å². The lowest BCUT2D eigenvalue weighted by atomic mass is 10.1. The normalized spacial score (nSPS) is 16.6. The molecule has 150 valence electrons. The van der Waals surface area contributed by atoms with Crippen molar-refractivity contribution in [3.05, 3.63) is 59.2 Å². The lowest BCUT2D eigenvalue weighted by molar-refractivity contribution is -0.120. The predicted molar refractivity (Wildman–Crippen MR) is 111 cm³/mol. The van der Waals surface area contributed by atoms with E-state index in [-0.39, 0.29) is 12.0 Å². The summed E-state index contributed by atoms with van der Waals surface area (Å²) in [6, 6.07) is 14.1. The second kappa shape index (κ2) is 9.60. The maximum absolute atomic E-state index is 12.3. The van der Waals surface area contributed by atoms with Crippen molar-refractivity contribution in [1.82, 2.24) is 10.2 Å². The molecule has 0 radical (unpaired) electrons. The van der Waals surface area contributed by atoms with E-state index in [0.29, 0.717) is 13.0 Å². The molecular weight excluding hydrogens is 352 g/mol. The molecule has 2 aromatic carbocycles. The summed E-state index contributed by atoms with van der Waals surface area (Å²) in [6.45, 7) is 7.23. The molecule has 0 aliphatic carbocycles. The number of aryl methyl sites for hydroxylation is 1. The standard InChI is InChI=1S/C23H30N2O3/c1-4-20-16-25(15-19-14-21(27-3)8-9-22(19)28-20)11-10-24-23(26)13-18-7-5-6-17(2)12-18/h5-9,12,14,20H,4,10-11,13,15-16H2,1-3H3,(H,24,26). The largest absolute Gasteiger partial charge is 0.497 e. The lowest BCUT2D eigenvalue weighted by Gasteiger charge is -2.23. The first kappa shape index (κ1) is 20.2. The monoisotopic (exact) mass is 382 g/mol. The van der Waals surface area contributed by atoms with Gasteiger partial charge in [0, 0.05) is 31.7 Å². The third-order valence-electron chi connectivity index (χ3n) is 5.07. The molecule has 0 bridgehead atoms. The fraction of sp³-hybridized carbons (Fsp3) is 0.435. The smallest absolute Gasteiger partial charge is 0.224 e. The number of carbonyl (C=O) groups is 1. The first-order valence-corrected chi connectivity index (χ1v) is 9.95. The van der Waals surface area contributed by atoms with Crippen LogP contribution in [0.4, 0.5) is 0 Å². The minimum atomic E-state index is 0.0609. The molecular formula is C23H30N2O3. The Morgan fingerprint density at radius 1 is 1.29 bits per heavy atom. The molecule has 5 heteroatoms. The molecule has 28 heavy (non-hydrogen) atoms. The Balaban J connectivity index is 1.56. The molecule has 1 N–H and O–H groups in total. The second-order valence-corrected chi connectivity index (χ2v) is 7.37. The zero-order valence-electron chi connectivity index (χ0n) is 17.0. The Morgan fingerprint density at radius 3 is 2.89 bits per heavy atom. The van der Waals surface area contributed by atoms with Gasteiger partial charge in [-0.15, -0.1) is 0 Å². The highest BCUT2D eigenvalue weighted by atomic mass is 16.5. The topological polar surface area (TPSA) is 50.8 Å². The maximum atomic E-state index is 12.3. The van der Waals surface area contributed by atoms with Gasteiger partial charge < -0.3 is 14.8 Å². The van der Waals surface area contributed by atoms with Gasteiger partial charge in [0.2, 0.25) is 5.91 Å². The maximum Gasteiger partial charge on any atom is 0.224 e. The number of methoxy groups -OCH3 is 1. The molecule has 0 saturated heterocycles. The molecule has 1 heterocycles. The van der Waals surface area contributed by atoms with Crippen LogP contribution in [0.25, 0.3) is 0 Å². The molecule has 0 aromatic heterocycles. The van der Waals surface area contributed by atoms with E-state index in [1.54, 1.807) is 7.11 Å². The minimum absolute atomic E-state index is 0.0609. The molecule has 0 spiro atoms. The average Bonchev–Trinajstić information content (AvgIpc) is 2.86. The quantitative estimate of drug-likeness (QED) is 0.798. The van der Waals surface area contributed by atoms with Gasteiger partial charge in [-0.3, -0.25) is 9.69 Å². The Kier molecular flexibility index (Phi) is 6.93. The Hall–Kier alpha value is -2.53. The summed E-state index contributed by atoms with van der Waals surface area (Å²) < 4.78 is 11.5. The Labute approximate surface area is 167 Å². The number of rotatable bonds is 7. The second-order valence-electron chi connectivity index (χ2n) is 7.37. The summed E-state index contributed by atoms with van der Waals surface area (Å²) in [6.07, 6.45) is 1.52. The van der Waals surface area contributed by atoms with Crippen LogP contribution in [0.5, 0.6) is 11.5 Å². The Morgan fingerprint density at radius 2 is 2.14 bits per heavy atom. The number of fused-ring (bicyclic) bond motifs is 1. The van der Waals surface area contributed by atoms with Crippen molar-refractivity contribution in [3.8, 4) is 11.5 Å². The van der Waals surface area contributed by atoms with Crippen molar-refractivity contribution in [1.29, 1.82) is 0 Å². The summed E-state index contributed by atoms with van der Waals surface area (Å²) in [4.78, 5) is 14.6. The van der Waals surface area contributed by atoms with Gasteiger partial charge in [0.05, 0.1) is 13.5 Å². The summed E-state index contributed by atoms with van der Waals surface area (Å²) in [7, 11) is 1.68. The van der Waals surface area contributed by atoms with Gasteiger partial charge in [-0.25, -0.2) is 0 Å². The minimum Gasteiger partial charge on any atom is -0.497 e. The number of benzene rings is 2. The SMILES string of the molecule is CCC1CN(CCNC(=O)Cc2cccc(C)c2)Cc2cc(OC)ccc2O1. The zero-order chi connectivity index (χ0) is 19.9. The van der Waals surface area contributed by atoms with Gasteiger partial charge in [0.1, 0.15) is 17.6 Å². The van der Waals surface area contributed by atoms with Crippen LogP contribution in [-0.2, 0) is 17.8 Å².